The van der Waals surface area contributed by atoms with E-state index in [9.17, 15) is 0 Å². The van der Waals surface area contributed by atoms with Crippen LogP contribution in [0.15, 0.2) is 0 Å². The van der Waals surface area contributed by atoms with Crippen LogP contribution in [0.3, 0.4) is 0 Å². The molecule has 0 spiro atoms. The van der Waals surface area contributed by atoms with Crippen LogP contribution in [-0.2, 0) is 31.3 Å². The van der Waals surface area contributed by atoms with Gasteiger partial charge < -0.3 is 0 Å². The summed E-state index contributed by atoms with van der Waals surface area (Å²) in [6.07, 6.45) is 0. The second-order valence-corrected chi connectivity index (χ2v) is 0. The molecule has 4 heteroatoms. The Hall–Kier alpha value is 1.03. The zero-order valence-corrected chi connectivity index (χ0v) is 7.45. The first-order valence-corrected chi connectivity index (χ1v) is 2.71. The van der Waals surface area contributed by atoms with Gasteiger partial charge in [0.15, 0.2) is 0 Å². The third-order valence-electron chi connectivity index (χ3n) is 0. The van der Waals surface area contributed by atoms with E-state index in [1.807, 2.05) is 0 Å². The Bertz CT molecular complexity index is 8.00. The van der Waals surface area contributed by atoms with Gasteiger partial charge in [-0.05, 0) is 0 Å². The van der Waals surface area contributed by atoms with Crippen molar-refractivity contribution >= 4 is 16.5 Å². The van der Waals surface area contributed by atoms with Gasteiger partial charge in [0.1, 0.15) is 0 Å². The summed E-state index contributed by atoms with van der Waals surface area (Å²) in [5.74, 6) is 0. The van der Waals surface area contributed by atoms with Crippen molar-refractivity contribution in [3.63, 3.8) is 0 Å². The van der Waals surface area contributed by atoms with Crippen LogP contribution in [0.25, 0.3) is 0 Å². The molecule has 0 saturated carbocycles. The monoisotopic (exact) mass is 198 g/mol. The summed E-state index contributed by atoms with van der Waals surface area (Å²) in [6.45, 7) is 0. The average Bonchev–Trinajstić information content (AvgIpc) is 1.50. The van der Waals surface area contributed by atoms with Gasteiger partial charge >= 0.3 is 47.8 Å². The van der Waals surface area contributed by atoms with Crippen LogP contribution in [0.2, 0.25) is 0 Å². The van der Waals surface area contributed by atoms with Crippen molar-refractivity contribution in [2.45, 2.75) is 0 Å². The molecule has 0 aliphatic heterocycles. The Labute approximate surface area is 47.7 Å². The quantitative estimate of drug-likeness (QED) is 0.460. The van der Waals surface area contributed by atoms with E-state index in [4.69, 9.17) is 6.59 Å². The third kappa shape index (κ3) is 11.8. The summed E-state index contributed by atoms with van der Waals surface area (Å²) in [4.78, 5) is 0. The number of hydrogen-bond donors (Lipinski definition) is 0. The van der Waals surface area contributed by atoms with E-state index in [1.54, 1.807) is 0 Å². The predicted octanol–water partition coefficient (Wildman–Crippen LogP) is -1.16. The van der Waals surface area contributed by atoms with E-state index in [1.165, 1.54) is 0 Å². The molecule has 0 N–H and O–H groups in total. The molecule has 0 aliphatic rings. The Morgan fingerprint density at radius 1 is 1.25 bits per heavy atom. The van der Waals surface area contributed by atoms with E-state index in [-0.39, 0.29) is 16.5 Å². The van der Waals surface area contributed by atoms with Crippen molar-refractivity contribution < 1.29 is 31.3 Å². The summed E-state index contributed by atoms with van der Waals surface area (Å²) in [5, 5.41) is 0. The summed E-state index contributed by atoms with van der Waals surface area (Å²) >= 11 is 0.425. The minimum absolute atomic E-state index is 0.125. The molecule has 0 atom stereocenters. The molecule has 0 unspecified atom stereocenters. The first kappa shape index (κ1) is 8.90. The maximum absolute atomic E-state index is 8.38. The van der Waals surface area contributed by atoms with Gasteiger partial charge in [0.25, 0.3) is 0 Å². The van der Waals surface area contributed by atoms with E-state index in [0.29, 0.717) is 24.7 Å². The first-order chi connectivity index (χ1) is 2.00. The molecule has 4 heavy (non-hydrogen) atoms. The normalized spacial score (nSPS) is 1.75. The Balaban J connectivity index is 0. The zero-order valence-electron chi connectivity index (χ0n) is 2.02. The van der Waals surface area contributed by atoms with E-state index >= 15 is 0 Å². The Morgan fingerprint density at radius 2 is 1.25 bits per heavy atom. The fourth-order valence-electron chi connectivity index (χ4n) is 0. The van der Waals surface area contributed by atoms with Crippen LogP contribution in [0.1, 0.15) is 0 Å². The predicted molar refractivity (Wildman–Crippen MR) is 9.92 cm³/mol. The second kappa shape index (κ2) is 35.0. The fraction of sp³-hybridized carbons (Fsp3) is 0. The molecule has 0 amide bonds. The number of rotatable bonds is 0. The van der Waals surface area contributed by atoms with E-state index in [0.717, 1.165) is 0 Å². The molecule has 22 valence electrons. The number of hydrogen-bond acceptors (Lipinski definition) is 2. The molecule has 0 heterocycles. The van der Waals surface area contributed by atoms with Crippen molar-refractivity contribution in [3.05, 3.63) is 0 Å². The molecular weight excluding hydrogens is 196 g/mol. The van der Waals surface area contributed by atoms with Gasteiger partial charge in [-0.2, -0.15) is 0 Å². The van der Waals surface area contributed by atoms with Crippen LogP contribution in [-0.4, -0.2) is 16.5 Å². The van der Waals surface area contributed by atoms with Gasteiger partial charge in [0, 0.05) is 0 Å². The van der Waals surface area contributed by atoms with Crippen LogP contribution in [0.5, 0.6) is 0 Å². The van der Waals surface area contributed by atoms with Crippen molar-refractivity contribution in [2.75, 3.05) is 0 Å². The van der Waals surface area contributed by atoms with Gasteiger partial charge in [0.05, 0.1) is 0 Å². The topological polar surface area (TPSA) is 34.1 Å². The molecule has 0 bridgehead atoms. The van der Waals surface area contributed by atoms with Crippen molar-refractivity contribution in [2.24, 2.45) is 0 Å². The standard InChI is InChI=1S/GeH2O.O.Zr/c1-2;;/h1H2;;. The Kier molecular flexibility index (Phi) is 77.9. The average molecular weight is 198 g/mol. The zero-order chi connectivity index (χ0) is 4.00. The van der Waals surface area contributed by atoms with Crippen molar-refractivity contribution in [3.8, 4) is 0 Å². The van der Waals surface area contributed by atoms with Gasteiger partial charge in [-0.25, -0.2) is 0 Å². The van der Waals surface area contributed by atoms with E-state index in [2.05, 4.69) is 0 Å². The van der Waals surface area contributed by atoms with Crippen LogP contribution >= 0.6 is 0 Å². The molecule has 0 saturated heterocycles. The molecule has 0 radical (unpaired) electrons. The molecule has 2 nitrogen and oxygen atoms in total. The summed E-state index contributed by atoms with van der Waals surface area (Å²) < 4.78 is 16.7. The molecular formula is H2GeO2Zr. The summed E-state index contributed by atoms with van der Waals surface area (Å²) in [5.41, 5.74) is 0. The fourth-order valence-corrected chi connectivity index (χ4v) is 0. The van der Waals surface area contributed by atoms with Crippen LogP contribution in [0, 0.1) is 0 Å². The maximum atomic E-state index is 8.38. The second-order valence-electron chi connectivity index (χ2n) is 0. The minimum atomic E-state index is 0.125. The van der Waals surface area contributed by atoms with E-state index < -0.39 is 0 Å². The van der Waals surface area contributed by atoms with Crippen molar-refractivity contribution in [1.82, 2.24) is 0 Å². The Morgan fingerprint density at radius 3 is 1.25 bits per heavy atom. The van der Waals surface area contributed by atoms with Crippen molar-refractivity contribution in [1.29, 1.82) is 0 Å². The molecule has 0 aromatic rings. The molecule has 0 aromatic heterocycles. The summed E-state index contributed by atoms with van der Waals surface area (Å²) in [7, 11) is 0. The molecule has 0 rings (SSSR count). The molecule has 0 aliphatic carbocycles. The van der Waals surface area contributed by atoms with Gasteiger partial charge in [-0.15, -0.1) is 0 Å². The van der Waals surface area contributed by atoms with Gasteiger partial charge in [-0.1, -0.05) is 0 Å². The van der Waals surface area contributed by atoms with Gasteiger partial charge in [-0.3, -0.25) is 0 Å². The van der Waals surface area contributed by atoms with Gasteiger partial charge in [0.2, 0.25) is 0 Å². The third-order valence-corrected chi connectivity index (χ3v) is 0. The van der Waals surface area contributed by atoms with Crippen LogP contribution < -0.4 is 0 Å². The molecule has 0 aromatic carbocycles. The first-order valence-electron chi connectivity index (χ1n) is 0.493. The van der Waals surface area contributed by atoms with Crippen LogP contribution in [0.4, 0.5) is 0 Å². The summed E-state index contributed by atoms with van der Waals surface area (Å²) in [6, 6.07) is 0. The SMILES string of the molecule is [O]=[GeH2].[O]=[Zr]. The molecule has 0 fully saturated rings.